The van der Waals surface area contributed by atoms with Gasteiger partial charge < -0.3 is 19.4 Å². The first-order valence-electron chi connectivity index (χ1n) is 8.12. The first-order chi connectivity index (χ1) is 11.7. The van der Waals surface area contributed by atoms with Crippen LogP contribution in [0.1, 0.15) is 31.1 Å². The van der Waals surface area contributed by atoms with Crippen molar-refractivity contribution in [3.05, 3.63) is 30.2 Å². The molecule has 2 heterocycles. The molecule has 0 aliphatic carbocycles. The topological polar surface area (TPSA) is 84.7 Å². The van der Waals surface area contributed by atoms with Gasteiger partial charge in [0.05, 0.1) is 13.5 Å². The molecule has 1 aromatic carbocycles. The predicted molar refractivity (Wildman–Crippen MR) is 87.6 cm³/mol. The van der Waals surface area contributed by atoms with Gasteiger partial charge in [0.2, 0.25) is 0 Å². The average molecular weight is 331 g/mol. The van der Waals surface area contributed by atoms with Crippen LogP contribution >= 0.6 is 0 Å². The summed E-state index contributed by atoms with van der Waals surface area (Å²) in [5.74, 6) is 0.656. The maximum absolute atomic E-state index is 12.1. The van der Waals surface area contributed by atoms with Crippen LogP contribution in [0.15, 0.2) is 28.7 Å². The largest absolute Gasteiger partial charge is 0.469 e. The second-order valence-electron chi connectivity index (χ2n) is 5.84. The Morgan fingerprint density at radius 1 is 1.33 bits per heavy atom. The van der Waals surface area contributed by atoms with Crippen molar-refractivity contribution in [3.8, 4) is 0 Å². The molecule has 1 aliphatic rings. The molecule has 128 valence electrons. The number of piperidine rings is 1. The highest BCUT2D eigenvalue weighted by atomic mass is 16.5. The van der Waals surface area contributed by atoms with E-state index >= 15 is 0 Å². The number of carbonyl (C=O) groups is 2. The number of rotatable bonds is 4. The lowest BCUT2D eigenvalue weighted by molar-refractivity contribution is -0.140. The molecule has 7 heteroatoms. The monoisotopic (exact) mass is 331 g/mol. The number of hydrogen-bond donors (Lipinski definition) is 1. The third-order valence-electron chi connectivity index (χ3n) is 4.27. The predicted octanol–water partition coefficient (Wildman–Crippen LogP) is 2.28. The minimum Gasteiger partial charge on any atom is -0.469 e. The molecule has 0 unspecified atom stereocenters. The maximum Gasteiger partial charge on any atom is 0.317 e. The number of urea groups is 1. The van der Waals surface area contributed by atoms with Crippen molar-refractivity contribution in [2.45, 2.75) is 25.2 Å². The third-order valence-corrected chi connectivity index (χ3v) is 4.27. The summed E-state index contributed by atoms with van der Waals surface area (Å²) in [6, 6.07) is 7.58. The summed E-state index contributed by atoms with van der Waals surface area (Å²) < 4.78 is 10.4. The Morgan fingerprint density at radius 2 is 2.08 bits per heavy atom. The van der Waals surface area contributed by atoms with E-state index in [9.17, 15) is 9.59 Å². The Morgan fingerprint density at radius 3 is 2.79 bits per heavy atom. The van der Waals surface area contributed by atoms with Gasteiger partial charge in [-0.25, -0.2) is 9.78 Å². The Balaban J connectivity index is 1.50. The molecule has 0 atom stereocenters. The van der Waals surface area contributed by atoms with E-state index in [4.69, 9.17) is 4.42 Å². The van der Waals surface area contributed by atoms with Crippen molar-refractivity contribution in [2.75, 3.05) is 26.7 Å². The van der Waals surface area contributed by atoms with Gasteiger partial charge >= 0.3 is 12.0 Å². The van der Waals surface area contributed by atoms with Crippen LogP contribution in [0.3, 0.4) is 0 Å². The zero-order valence-corrected chi connectivity index (χ0v) is 13.7. The number of likely N-dealkylation sites (tertiary alicyclic amines) is 1. The minimum absolute atomic E-state index is 0.144. The smallest absolute Gasteiger partial charge is 0.317 e. The van der Waals surface area contributed by atoms with E-state index in [0.717, 1.165) is 29.8 Å². The van der Waals surface area contributed by atoms with Gasteiger partial charge in [-0.2, -0.15) is 0 Å². The molecule has 0 saturated carbocycles. The van der Waals surface area contributed by atoms with Crippen LogP contribution in [0, 0.1) is 0 Å². The fraction of sp³-hybridized carbons (Fsp3) is 0.471. The summed E-state index contributed by atoms with van der Waals surface area (Å²) in [5.41, 5.74) is 1.67. The number of hydrogen-bond acceptors (Lipinski definition) is 5. The van der Waals surface area contributed by atoms with Gasteiger partial charge in [0.25, 0.3) is 0 Å². The highest BCUT2D eigenvalue weighted by molar-refractivity contribution is 5.75. The molecular formula is C17H21N3O4. The van der Waals surface area contributed by atoms with Crippen LogP contribution in [0.5, 0.6) is 0 Å². The number of carbonyl (C=O) groups excluding carboxylic acids is 2. The van der Waals surface area contributed by atoms with E-state index in [1.165, 1.54) is 7.11 Å². The zero-order valence-electron chi connectivity index (χ0n) is 13.7. The van der Waals surface area contributed by atoms with E-state index in [1.807, 2.05) is 24.3 Å². The number of nitrogens with one attached hydrogen (secondary N) is 1. The van der Waals surface area contributed by atoms with E-state index in [2.05, 4.69) is 15.0 Å². The molecule has 7 nitrogen and oxygen atoms in total. The van der Waals surface area contributed by atoms with Crippen molar-refractivity contribution in [2.24, 2.45) is 0 Å². The van der Waals surface area contributed by atoms with Gasteiger partial charge in [0.1, 0.15) is 5.52 Å². The Hall–Kier alpha value is -2.57. The lowest BCUT2D eigenvalue weighted by Gasteiger charge is -2.30. The number of esters is 1. The SMILES string of the molecule is COC(=O)CCNC(=O)N1CCC(c2nc3ccccc3o2)CC1. The normalized spacial score (nSPS) is 15.5. The zero-order chi connectivity index (χ0) is 16.9. The van der Waals surface area contributed by atoms with Crippen molar-refractivity contribution in [3.63, 3.8) is 0 Å². The van der Waals surface area contributed by atoms with Crippen molar-refractivity contribution >= 4 is 23.1 Å². The number of fused-ring (bicyclic) bond motifs is 1. The standard InChI is InChI=1S/C17H21N3O4/c1-23-15(21)6-9-18-17(22)20-10-7-12(8-11-20)16-19-13-4-2-3-5-14(13)24-16/h2-5,12H,6-11H2,1H3,(H,18,22). The number of aromatic nitrogens is 1. The van der Waals surface area contributed by atoms with Crippen LogP contribution in [-0.4, -0.2) is 48.6 Å². The average Bonchev–Trinajstić information content (AvgIpc) is 3.05. The lowest BCUT2D eigenvalue weighted by Crippen LogP contribution is -2.44. The van der Waals surface area contributed by atoms with Crippen LogP contribution in [0.25, 0.3) is 11.1 Å². The second-order valence-corrected chi connectivity index (χ2v) is 5.84. The van der Waals surface area contributed by atoms with Gasteiger partial charge in [-0.1, -0.05) is 12.1 Å². The van der Waals surface area contributed by atoms with E-state index in [-0.39, 0.29) is 30.9 Å². The van der Waals surface area contributed by atoms with Crippen LogP contribution in [0.2, 0.25) is 0 Å². The van der Waals surface area contributed by atoms with Gasteiger partial charge in [-0.05, 0) is 25.0 Å². The van der Waals surface area contributed by atoms with Crippen molar-refractivity contribution < 1.29 is 18.7 Å². The molecule has 1 aromatic heterocycles. The summed E-state index contributed by atoms with van der Waals surface area (Å²) in [7, 11) is 1.33. The molecule has 0 spiro atoms. The number of ether oxygens (including phenoxy) is 1. The minimum atomic E-state index is -0.329. The number of methoxy groups -OCH3 is 1. The quantitative estimate of drug-likeness (QED) is 0.869. The maximum atomic E-state index is 12.1. The summed E-state index contributed by atoms with van der Waals surface area (Å²) in [5, 5.41) is 2.74. The van der Waals surface area contributed by atoms with E-state index < -0.39 is 0 Å². The Kier molecular flexibility index (Phi) is 4.98. The molecule has 1 fully saturated rings. The molecule has 3 rings (SSSR count). The molecule has 0 radical (unpaired) electrons. The highest BCUT2D eigenvalue weighted by Crippen LogP contribution is 2.29. The second kappa shape index (κ2) is 7.33. The number of para-hydroxylation sites is 2. The van der Waals surface area contributed by atoms with E-state index in [0.29, 0.717) is 13.1 Å². The molecule has 1 saturated heterocycles. The number of nitrogens with zero attached hydrogens (tertiary/aromatic N) is 2. The molecule has 24 heavy (non-hydrogen) atoms. The highest BCUT2D eigenvalue weighted by Gasteiger charge is 2.26. The van der Waals surface area contributed by atoms with Crippen LogP contribution in [-0.2, 0) is 9.53 Å². The first-order valence-corrected chi connectivity index (χ1v) is 8.12. The van der Waals surface area contributed by atoms with E-state index in [1.54, 1.807) is 4.90 Å². The molecular weight excluding hydrogens is 310 g/mol. The summed E-state index contributed by atoms with van der Waals surface area (Å²) in [6.45, 7) is 1.58. The number of amides is 2. The van der Waals surface area contributed by atoms with Crippen molar-refractivity contribution in [1.82, 2.24) is 15.2 Å². The molecule has 2 aromatic rings. The Bertz CT molecular complexity index is 686. The lowest BCUT2D eigenvalue weighted by atomic mass is 9.97. The van der Waals surface area contributed by atoms with Gasteiger partial charge in [0.15, 0.2) is 11.5 Å². The summed E-state index contributed by atoms with van der Waals surface area (Å²) in [4.78, 5) is 29.4. The number of benzene rings is 1. The fourth-order valence-corrected chi connectivity index (χ4v) is 2.88. The van der Waals surface area contributed by atoms with Crippen LogP contribution < -0.4 is 5.32 Å². The molecule has 1 aliphatic heterocycles. The van der Waals surface area contributed by atoms with Gasteiger partial charge in [-0.3, -0.25) is 4.79 Å². The molecule has 2 amide bonds. The van der Waals surface area contributed by atoms with Crippen LogP contribution in [0.4, 0.5) is 4.79 Å². The fourth-order valence-electron chi connectivity index (χ4n) is 2.88. The van der Waals surface area contributed by atoms with Gasteiger partial charge in [-0.15, -0.1) is 0 Å². The molecule has 1 N–H and O–H groups in total. The summed E-state index contributed by atoms with van der Waals surface area (Å²) >= 11 is 0. The first kappa shape index (κ1) is 16.3. The summed E-state index contributed by atoms with van der Waals surface area (Å²) in [6.07, 6.45) is 1.82. The molecule has 0 bridgehead atoms. The number of oxazole rings is 1. The Labute approximate surface area is 140 Å². The van der Waals surface area contributed by atoms with Gasteiger partial charge in [0, 0.05) is 25.6 Å². The third kappa shape index (κ3) is 3.67. The van der Waals surface area contributed by atoms with Crippen molar-refractivity contribution in [1.29, 1.82) is 0 Å².